The van der Waals surface area contributed by atoms with Crippen molar-refractivity contribution in [3.8, 4) is 5.75 Å². The number of aromatic nitrogens is 3. The maximum absolute atomic E-state index is 5.32. The van der Waals surface area contributed by atoms with Crippen LogP contribution in [-0.2, 0) is 12.8 Å². The molecule has 6 heteroatoms. The molecule has 1 aliphatic carbocycles. The normalized spacial score (nSPS) is 17.4. The van der Waals surface area contributed by atoms with Crippen molar-refractivity contribution in [1.29, 1.82) is 0 Å². The predicted molar refractivity (Wildman–Crippen MR) is 98.6 cm³/mol. The van der Waals surface area contributed by atoms with Gasteiger partial charge in [0.2, 0.25) is 0 Å². The van der Waals surface area contributed by atoms with Crippen LogP contribution in [0.3, 0.4) is 0 Å². The first kappa shape index (κ1) is 16.1. The van der Waals surface area contributed by atoms with Crippen LogP contribution in [0.1, 0.15) is 29.9 Å². The standard InChI is InChI=1S/C19H25N5O/c1-14-21-17-6-4-3-5-16(17)19(22-14)24-11-9-23(10-12-24)18-13-15(25-2)7-8-20-18/h7-8,13H,3-6,9-12H2,1-2H3. The van der Waals surface area contributed by atoms with Crippen LogP contribution < -0.4 is 14.5 Å². The van der Waals surface area contributed by atoms with Gasteiger partial charge in [-0.3, -0.25) is 0 Å². The monoisotopic (exact) mass is 339 g/mol. The van der Waals surface area contributed by atoms with E-state index in [-0.39, 0.29) is 0 Å². The molecule has 1 fully saturated rings. The zero-order valence-corrected chi connectivity index (χ0v) is 15.0. The van der Waals surface area contributed by atoms with E-state index in [1.54, 1.807) is 7.11 Å². The second-order valence-corrected chi connectivity index (χ2v) is 6.75. The highest BCUT2D eigenvalue weighted by Crippen LogP contribution is 2.29. The lowest BCUT2D eigenvalue weighted by molar-refractivity contribution is 0.414. The number of anilines is 2. The Bertz CT molecular complexity index is 755. The van der Waals surface area contributed by atoms with Gasteiger partial charge in [0, 0.05) is 49.7 Å². The average Bonchev–Trinajstić information content (AvgIpc) is 2.67. The molecule has 3 heterocycles. The predicted octanol–water partition coefficient (Wildman–Crippen LogP) is 2.39. The molecule has 1 saturated heterocycles. The summed E-state index contributed by atoms with van der Waals surface area (Å²) in [5, 5.41) is 0. The third-order valence-corrected chi connectivity index (χ3v) is 5.13. The number of hydrogen-bond acceptors (Lipinski definition) is 6. The Hall–Kier alpha value is -2.37. The highest BCUT2D eigenvalue weighted by atomic mass is 16.5. The first-order valence-electron chi connectivity index (χ1n) is 9.11. The summed E-state index contributed by atoms with van der Waals surface area (Å²) in [6, 6.07) is 3.89. The van der Waals surface area contributed by atoms with Crippen molar-refractivity contribution in [3.05, 3.63) is 35.4 Å². The Morgan fingerprint density at radius 3 is 2.56 bits per heavy atom. The minimum atomic E-state index is 0.855. The van der Waals surface area contributed by atoms with Crippen LogP contribution in [0.15, 0.2) is 18.3 Å². The zero-order valence-electron chi connectivity index (χ0n) is 15.0. The minimum Gasteiger partial charge on any atom is -0.497 e. The second kappa shape index (κ2) is 6.86. The molecule has 25 heavy (non-hydrogen) atoms. The van der Waals surface area contributed by atoms with E-state index >= 15 is 0 Å². The summed E-state index contributed by atoms with van der Waals surface area (Å²) in [4.78, 5) is 18.7. The van der Waals surface area contributed by atoms with Gasteiger partial charge in [-0.2, -0.15) is 0 Å². The molecule has 2 aliphatic rings. The molecule has 2 aromatic rings. The molecule has 0 N–H and O–H groups in total. The van der Waals surface area contributed by atoms with Gasteiger partial charge in [-0.15, -0.1) is 0 Å². The number of fused-ring (bicyclic) bond motifs is 1. The number of nitrogens with zero attached hydrogens (tertiary/aromatic N) is 5. The highest BCUT2D eigenvalue weighted by molar-refractivity contribution is 5.53. The molecule has 0 spiro atoms. The molecule has 4 rings (SSSR count). The third kappa shape index (κ3) is 3.25. The Balaban J connectivity index is 1.51. The zero-order chi connectivity index (χ0) is 17.2. The third-order valence-electron chi connectivity index (χ3n) is 5.13. The van der Waals surface area contributed by atoms with Gasteiger partial charge in [0.1, 0.15) is 23.2 Å². The van der Waals surface area contributed by atoms with Crippen molar-refractivity contribution in [1.82, 2.24) is 15.0 Å². The minimum absolute atomic E-state index is 0.855. The lowest BCUT2D eigenvalue weighted by Crippen LogP contribution is -2.47. The van der Waals surface area contributed by atoms with Gasteiger partial charge in [-0.25, -0.2) is 15.0 Å². The van der Waals surface area contributed by atoms with E-state index in [1.165, 1.54) is 29.9 Å². The van der Waals surface area contributed by atoms with E-state index in [0.29, 0.717) is 0 Å². The summed E-state index contributed by atoms with van der Waals surface area (Å²) in [7, 11) is 1.69. The van der Waals surface area contributed by atoms with Crippen molar-refractivity contribution >= 4 is 11.6 Å². The highest BCUT2D eigenvalue weighted by Gasteiger charge is 2.24. The van der Waals surface area contributed by atoms with Gasteiger partial charge >= 0.3 is 0 Å². The molecule has 0 atom stereocenters. The number of rotatable bonds is 3. The van der Waals surface area contributed by atoms with Crippen LogP contribution in [0.4, 0.5) is 11.6 Å². The molecule has 2 aromatic heterocycles. The Morgan fingerprint density at radius 1 is 1.00 bits per heavy atom. The first-order valence-corrected chi connectivity index (χ1v) is 9.11. The Labute approximate surface area is 148 Å². The molecule has 0 amide bonds. The number of aryl methyl sites for hydroxylation is 2. The van der Waals surface area contributed by atoms with Gasteiger partial charge in [0.15, 0.2) is 0 Å². The molecular formula is C19H25N5O. The van der Waals surface area contributed by atoms with Crippen LogP contribution in [0.2, 0.25) is 0 Å². The van der Waals surface area contributed by atoms with Gasteiger partial charge in [-0.1, -0.05) is 0 Å². The van der Waals surface area contributed by atoms with Gasteiger partial charge in [-0.05, 0) is 38.7 Å². The van der Waals surface area contributed by atoms with Crippen molar-refractivity contribution in [2.75, 3.05) is 43.1 Å². The molecule has 132 valence electrons. The quantitative estimate of drug-likeness (QED) is 0.856. The maximum Gasteiger partial charge on any atom is 0.135 e. The van der Waals surface area contributed by atoms with Crippen molar-refractivity contribution in [2.45, 2.75) is 32.6 Å². The van der Waals surface area contributed by atoms with E-state index in [0.717, 1.165) is 56.4 Å². The number of piperazine rings is 1. The summed E-state index contributed by atoms with van der Waals surface area (Å²) in [5.41, 5.74) is 2.65. The lowest BCUT2D eigenvalue weighted by Gasteiger charge is -2.37. The molecule has 0 aromatic carbocycles. The molecule has 0 bridgehead atoms. The van der Waals surface area contributed by atoms with Crippen LogP contribution in [0, 0.1) is 6.92 Å². The summed E-state index contributed by atoms with van der Waals surface area (Å²) >= 11 is 0. The number of hydrogen-bond donors (Lipinski definition) is 0. The van der Waals surface area contributed by atoms with Crippen molar-refractivity contribution in [2.24, 2.45) is 0 Å². The molecule has 0 radical (unpaired) electrons. The summed E-state index contributed by atoms with van der Waals surface area (Å²) < 4.78 is 5.32. The van der Waals surface area contributed by atoms with E-state index in [1.807, 2.05) is 25.3 Å². The molecule has 1 aliphatic heterocycles. The van der Waals surface area contributed by atoms with Crippen LogP contribution in [-0.4, -0.2) is 48.2 Å². The van der Waals surface area contributed by atoms with Crippen molar-refractivity contribution in [3.63, 3.8) is 0 Å². The largest absolute Gasteiger partial charge is 0.497 e. The molecule has 0 unspecified atom stereocenters. The fourth-order valence-corrected chi connectivity index (χ4v) is 3.80. The first-order chi connectivity index (χ1) is 12.2. The van der Waals surface area contributed by atoms with E-state index in [2.05, 4.69) is 19.8 Å². The lowest BCUT2D eigenvalue weighted by atomic mass is 9.96. The smallest absolute Gasteiger partial charge is 0.135 e. The topological polar surface area (TPSA) is 54.4 Å². The SMILES string of the molecule is COc1ccnc(N2CCN(c3nc(C)nc4c3CCCC4)CC2)c1. The van der Waals surface area contributed by atoms with Crippen LogP contribution in [0.25, 0.3) is 0 Å². The van der Waals surface area contributed by atoms with Crippen molar-refractivity contribution < 1.29 is 4.74 Å². The van der Waals surface area contributed by atoms with Gasteiger partial charge in [0.25, 0.3) is 0 Å². The summed E-state index contributed by atoms with van der Waals surface area (Å²) in [6.45, 7) is 5.81. The molecule has 0 saturated carbocycles. The Kier molecular flexibility index (Phi) is 4.42. The maximum atomic E-state index is 5.32. The van der Waals surface area contributed by atoms with Gasteiger partial charge < -0.3 is 14.5 Å². The van der Waals surface area contributed by atoms with Crippen LogP contribution >= 0.6 is 0 Å². The molecule has 6 nitrogen and oxygen atoms in total. The summed E-state index contributed by atoms with van der Waals surface area (Å²) in [6.07, 6.45) is 6.52. The van der Waals surface area contributed by atoms with Gasteiger partial charge in [0.05, 0.1) is 7.11 Å². The van der Waals surface area contributed by atoms with Crippen LogP contribution in [0.5, 0.6) is 5.75 Å². The fourth-order valence-electron chi connectivity index (χ4n) is 3.80. The Morgan fingerprint density at radius 2 is 1.76 bits per heavy atom. The van der Waals surface area contributed by atoms with E-state index in [4.69, 9.17) is 9.72 Å². The van der Waals surface area contributed by atoms with E-state index < -0.39 is 0 Å². The number of methoxy groups -OCH3 is 1. The van der Waals surface area contributed by atoms with E-state index in [9.17, 15) is 0 Å². The number of ether oxygens (including phenoxy) is 1. The average molecular weight is 339 g/mol. The fraction of sp³-hybridized carbons (Fsp3) is 0.526. The summed E-state index contributed by atoms with van der Waals surface area (Å²) in [5.74, 6) is 3.90. The molecular weight excluding hydrogens is 314 g/mol. The second-order valence-electron chi connectivity index (χ2n) is 6.75. The number of pyridine rings is 1.